The number of H-pyrrole nitrogens is 1. The van der Waals surface area contributed by atoms with Crippen LogP contribution in [0.15, 0.2) is 12.3 Å². The molecule has 1 atom stereocenters. The third-order valence-electron chi connectivity index (χ3n) is 3.92. The predicted octanol–water partition coefficient (Wildman–Crippen LogP) is 1.43. The van der Waals surface area contributed by atoms with E-state index >= 15 is 0 Å². The van der Waals surface area contributed by atoms with Crippen LogP contribution in [0.2, 0.25) is 0 Å². The summed E-state index contributed by atoms with van der Waals surface area (Å²) in [5, 5.41) is 16.8. The van der Waals surface area contributed by atoms with E-state index < -0.39 is 4.92 Å². The lowest BCUT2D eigenvalue weighted by atomic mass is 9.77. The van der Waals surface area contributed by atoms with Crippen LogP contribution in [-0.2, 0) is 0 Å². The Balaban J connectivity index is 1.92. The SMILES string of the molecule is CC1(C)CCCNC1CNC(=O)c1cc([N+](=O)[O-])c[nH]1. The van der Waals surface area contributed by atoms with Crippen molar-refractivity contribution in [2.24, 2.45) is 5.41 Å². The Morgan fingerprint density at radius 2 is 2.35 bits per heavy atom. The Kier molecular flexibility index (Phi) is 4.08. The summed E-state index contributed by atoms with van der Waals surface area (Å²) in [6, 6.07) is 1.46. The number of carbonyl (C=O) groups excluding carboxylic acids is 1. The molecule has 0 saturated carbocycles. The van der Waals surface area contributed by atoms with Gasteiger partial charge in [-0.1, -0.05) is 13.8 Å². The van der Waals surface area contributed by atoms with Gasteiger partial charge in [0.25, 0.3) is 11.6 Å². The summed E-state index contributed by atoms with van der Waals surface area (Å²) in [5.74, 6) is -0.318. The number of hydrogen-bond acceptors (Lipinski definition) is 4. The summed E-state index contributed by atoms with van der Waals surface area (Å²) < 4.78 is 0. The summed E-state index contributed by atoms with van der Waals surface area (Å²) in [6.07, 6.45) is 3.48. The lowest BCUT2D eigenvalue weighted by Gasteiger charge is -2.39. The minimum absolute atomic E-state index is 0.105. The van der Waals surface area contributed by atoms with Crippen molar-refractivity contribution in [1.29, 1.82) is 0 Å². The summed E-state index contributed by atoms with van der Waals surface area (Å²) in [6.45, 7) is 5.82. The van der Waals surface area contributed by atoms with Crippen LogP contribution in [0.5, 0.6) is 0 Å². The smallest absolute Gasteiger partial charge is 0.287 e. The number of aromatic amines is 1. The van der Waals surface area contributed by atoms with Crippen molar-refractivity contribution in [2.45, 2.75) is 32.7 Å². The van der Waals surface area contributed by atoms with Crippen LogP contribution in [0, 0.1) is 15.5 Å². The first-order valence-electron chi connectivity index (χ1n) is 6.74. The molecule has 1 aliphatic heterocycles. The Bertz CT molecular complexity index is 509. The molecule has 0 aromatic carbocycles. The zero-order valence-electron chi connectivity index (χ0n) is 11.7. The summed E-state index contributed by atoms with van der Waals surface area (Å²) in [4.78, 5) is 24.6. The van der Waals surface area contributed by atoms with E-state index in [0.717, 1.165) is 19.4 Å². The molecule has 110 valence electrons. The van der Waals surface area contributed by atoms with Crippen molar-refractivity contribution >= 4 is 11.6 Å². The summed E-state index contributed by atoms with van der Waals surface area (Å²) >= 11 is 0. The molecule has 1 saturated heterocycles. The second-order valence-electron chi connectivity index (χ2n) is 5.84. The van der Waals surface area contributed by atoms with Gasteiger partial charge in [0.05, 0.1) is 11.1 Å². The van der Waals surface area contributed by atoms with E-state index in [9.17, 15) is 14.9 Å². The third-order valence-corrected chi connectivity index (χ3v) is 3.92. The first-order valence-corrected chi connectivity index (χ1v) is 6.74. The fraction of sp³-hybridized carbons (Fsp3) is 0.615. The molecule has 1 fully saturated rings. The van der Waals surface area contributed by atoms with Crippen molar-refractivity contribution in [3.63, 3.8) is 0 Å². The van der Waals surface area contributed by atoms with Crippen LogP contribution in [0.3, 0.4) is 0 Å². The number of nitrogens with zero attached hydrogens (tertiary/aromatic N) is 1. The summed E-state index contributed by atoms with van der Waals surface area (Å²) in [5.41, 5.74) is 0.240. The first-order chi connectivity index (χ1) is 9.40. The highest BCUT2D eigenvalue weighted by Gasteiger charge is 2.32. The van der Waals surface area contributed by atoms with Crippen LogP contribution in [0.1, 0.15) is 37.2 Å². The van der Waals surface area contributed by atoms with Gasteiger partial charge in [0.2, 0.25) is 0 Å². The van der Waals surface area contributed by atoms with Crippen molar-refractivity contribution in [3.8, 4) is 0 Å². The lowest BCUT2D eigenvalue weighted by Crippen LogP contribution is -2.52. The van der Waals surface area contributed by atoms with E-state index in [1.807, 2.05) is 0 Å². The second kappa shape index (κ2) is 5.62. The maximum absolute atomic E-state index is 11.9. The molecule has 1 aromatic rings. The van der Waals surface area contributed by atoms with E-state index in [1.165, 1.54) is 12.3 Å². The molecule has 2 rings (SSSR count). The Hall–Kier alpha value is -1.89. The topological polar surface area (TPSA) is 100 Å². The standard InChI is InChI=1S/C13H20N4O3/c1-13(2)4-3-5-14-11(13)8-16-12(18)10-6-9(7-15-10)17(19)20/h6-7,11,14-15H,3-5,8H2,1-2H3,(H,16,18). The second-order valence-corrected chi connectivity index (χ2v) is 5.84. The molecule has 1 unspecified atom stereocenters. The number of piperidine rings is 1. The molecule has 1 aliphatic rings. The number of amides is 1. The predicted molar refractivity (Wildman–Crippen MR) is 74.6 cm³/mol. The molecule has 0 bridgehead atoms. The van der Waals surface area contributed by atoms with E-state index in [2.05, 4.69) is 29.5 Å². The fourth-order valence-corrected chi connectivity index (χ4v) is 2.53. The number of nitro groups is 1. The summed E-state index contributed by atoms with van der Waals surface area (Å²) in [7, 11) is 0. The quantitative estimate of drug-likeness (QED) is 0.573. The van der Waals surface area contributed by atoms with Crippen LogP contribution in [0.4, 0.5) is 5.69 Å². The Morgan fingerprint density at radius 1 is 1.60 bits per heavy atom. The number of carbonyl (C=O) groups is 1. The van der Waals surface area contributed by atoms with Crippen LogP contribution >= 0.6 is 0 Å². The molecule has 7 heteroatoms. The van der Waals surface area contributed by atoms with Gasteiger partial charge in [-0.3, -0.25) is 14.9 Å². The van der Waals surface area contributed by atoms with Gasteiger partial charge in [-0.25, -0.2) is 0 Å². The number of rotatable bonds is 4. The number of aromatic nitrogens is 1. The van der Waals surface area contributed by atoms with Gasteiger partial charge < -0.3 is 15.6 Å². The molecule has 0 aliphatic carbocycles. The van der Waals surface area contributed by atoms with Crippen molar-refractivity contribution < 1.29 is 9.72 Å². The molecule has 7 nitrogen and oxygen atoms in total. The molecular formula is C13H20N4O3. The Labute approximate surface area is 117 Å². The molecule has 2 heterocycles. The zero-order valence-corrected chi connectivity index (χ0v) is 11.7. The van der Waals surface area contributed by atoms with Gasteiger partial charge in [0, 0.05) is 18.7 Å². The average Bonchev–Trinajstić information content (AvgIpc) is 2.86. The molecule has 0 spiro atoms. The fourth-order valence-electron chi connectivity index (χ4n) is 2.53. The average molecular weight is 280 g/mol. The van der Waals surface area contributed by atoms with Crippen LogP contribution in [-0.4, -0.2) is 34.9 Å². The highest BCUT2D eigenvalue weighted by atomic mass is 16.6. The normalized spacial score (nSPS) is 21.4. The number of nitrogens with one attached hydrogen (secondary N) is 3. The van der Waals surface area contributed by atoms with Gasteiger partial charge in [-0.05, 0) is 24.8 Å². The monoisotopic (exact) mass is 280 g/mol. The van der Waals surface area contributed by atoms with Gasteiger partial charge >= 0.3 is 0 Å². The maximum atomic E-state index is 11.9. The van der Waals surface area contributed by atoms with E-state index in [4.69, 9.17) is 0 Å². The van der Waals surface area contributed by atoms with Crippen molar-refractivity contribution in [1.82, 2.24) is 15.6 Å². The zero-order chi connectivity index (χ0) is 14.8. The maximum Gasteiger partial charge on any atom is 0.287 e. The van der Waals surface area contributed by atoms with Gasteiger partial charge in [-0.2, -0.15) is 0 Å². The van der Waals surface area contributed by atoms with Gasteiger partial charge in [0.1, 0.15) is 5.69 Å². The molecular weight excluding hydrogens is 260 g/mol. The molecule has 20 heavy (non-hydrogen) atoms. The van der Waals surface area contributed by atoms with Crippen LogP contribution < -0.4 is 10.6 Å². The van der Waals surface area contributed by atoms with Gasteiger partial charge in [0.15, 0.2) is 0 Å². The first kappa shape index (κ1) is 14.5. The largest absolute Gasteiger partial charge is 0.351 e. The molecule has 0 radical (unpaired) electrons. The molecule has 3 N–H and O–H groups in total. The minimum atomic E-state index is -0.529. The van der Waals surface area contributed by atoms with E-state index in [1.54, 1.807) is 0 Å². The Morgan fingerprint density at radius 3 is 2.95 bits per heavy atom. The van der Waals surface area contributed by atoms with Gasteiger partial charge in [-0.15, -0.1) is 0 Å². The highest BCUT2D eigenvalue weighted by molar-refractivity contribution is 5.93. The molecule has 1 amide bonds. The third kappa shape index (κ3) is 3.16. The van der Waals surface area contributed by atoms with Crippen molar-refractivity contribution in [3.05, 3.63) is 28.1 Å². The van der Waals surface area contributed by atoms with E-state index in [0.29, 0.717) is 6.54 Å². The number of hydrogen-bond donors (Lipinski definition) is 3. The van der Waals surface area contributed by atoms with E-state index in [-0.39, 0.29) is 28.7 Å². The van der Waals surface area contributed by atoms with Crippen LogP contribution in [0.25, 0.3) is 0 Å². The minimum Gasteiger partial charge on any atom is -0.351 e. The highest BCUT2D eigenvalue weighted by Crippen LogP contribution is 2.29. The van der Waals surface area contributed by atoms with Crippen molar-refractivity contribution in [2.75, 3.05) is 13.1 Å². The lowest BCUT2D eigenvalue weighted by molar-refractivity contribution is -0.384. The molecule has 1 aromatic heterocycles.